The van der Waals surface area contributed by atoms with Crippen LogP contribution < -0.4 is 10.2 Å². The first kappa shape index (κ1) is 18.2. The highest BCUT2D eigenvalue weighted by atomic mass is 19.4. The van der Waals surface area contributed by atoms with E-state index < -0.39 is 12.7 Å². The zero-order valence-electron chi connectivity index (χ0n) is 14.6. The lowest BCUT2D eigenvalue weighted by molar-refractivity contribution is -0.143. The molecule has 1 N–H and O–H groups in total. The molecule has 0 saturated carbocycles. The molecular formula is C17H26F3N5. The van der Waals surface area contributed by atoms with Gasteiger partial charge in [-0.1, -0.05) is 6.92 Å². The van der Waals surface area contributed by atoms with Crippen LogP contribution in [0.2, 0.25) is 0 Å². The van der Waals surface area contributed by atoms with Crippen LogP contribution in [0.5, 0.6) is 0 Å². The Labute approximate surface area is 146 Å². The number of likely N-dealkylation sites (tertiary alicyclic amines) is 1. The number of nitrogens with zero attached hydrogens (tertiary/aromatic N) is 4. The van der Waals surface area contributed by atoms with Gasteiger partial charge in [0, 0.05) is 32.2 Å². The maximum absolute atomic E-state index is 12.5. The van der Waals surface area contributed by atoms with Crippen LogP contribution in [0.3, 0.4) is 0 Å². The predicted octanol–water partition coefficient (Wildman–Crippen LogP) is 3.01. The van der Waals surface area contributed by atoms with Crippen LogP contribution >= 0.6 is 0 Å². The summed E-state index contributed by atoms with van der Waals surface area (Å²) < 4.78 is 37.4. The molecule has 0 aliphatic carbocycles. The van der Waals surface area contributed by atoms with Crippen LogP contribution in [0.4, 0.5) is 24.8 Å². The van der Waals surface area contributed by atoms with Crippen LogP contribution in [-0.2, 0) is 0 Å². The molecule has 2 aliphatic heterocycles. The van der Waals surface area contributed by atoms with Gasteiger partial charge in [0.1, 0.15) is 18.0 Å². The summed E-state index contributed by atoms with van der Waals surface area (Å²) in [7, 11) is 0. The standard InChI is InChI=1S/C17H26F3N5/c1-13-3-2-5-25(9-13)16-7-15(22-12-23-16)21-8-14-4-6-24(10-14)11-17(18,19)20/h7,12-14H,2-6,8-11H2,1H3,(H,21,22,23). The SMILES string of the molecule is CC1CCCN(c2cc(NCC3CCN(CC(F)(F)F)C3)ncn2)C1. The normalized spacial score (nSPS) is 25.4. The summed E-state index contributed by atoms with van der Waals surface area (Å²) in [5.41, 5.74) is 0. The Bertz CT molecular complexity index is 565. The molecular weight excluding hydrogens is 331 g/mol. The minimum absolute atomic E-state index is 0.218. The van der Waals surface area contributed by atoms with Crippen molar-refractivity contribution in [3.8, 4) is 0 Å². The van der Waals surface area contributed by atoms with E-state index in [-0.39, 0.29) is 5.92 Å². The molecule has 1 aromatic rings. The molecule has 0 radical (unpaired) electrons. The number of aromatic nitrogens is 2. The highest BCUT2D eigenvalue weighted by molar-refractivity contribution is 5.48. The number of anilines is 2. The summed E-state index contributed by atoms with van der Waals surface area (Å²) in [5, 5.41) is 3.27. The van der Waals surface area contributed by atoms with E-state index in [2.05, 4.69) is 27.1 Å². The van der Waals surface area contributed by atoms with Crippen LogP contribution in [0.15, 0.2) is 12.4 Å². The van der Waals surface area contributed by atoms with Crippen molar-refractivity contribution >= 4 is 11.6 Å². The molecule has 3 heterocycles. The van der Waals surface area contributed by atoms with Gasteiger partial charge >= 0.3 is 6.18 Å². The Morgan fingerprint density at radius 1 is 1.20 bits per heavy atom. The quantitative estimate of drug-likeness (QED) is 0.878. The highest BCUT2D eigenvalue weighted by Crippen LogP contribution is 2.24. The van der Waals surface area contributed by atoms with Crippen LogP contribution in [0, 0.1) is 11.8 Å². The largest absolute Gasteiger partial charge is 0.401 e. The summed E-state index contributed by atoms with van der Waals surface area (Å²) >= 11 is 0. The summed E-state index contributed by atoms with van der Waals surface area (Å²) in [4.78, 5) is 12.4. The average molecular weight is 357 g/mol. The van der Waals surface area contributed by atoms with Gasteiger partial charge in [-0.2, -0.15) is 13.2 Å². The molecule has 1 aromatic heterocycles. The van der Waals surface area contributed by atoms with Gasteiger partial charge < -0.3 is 10.2 Å². The second-order valence-electron chi connectivity index (χ2n) is 7.34. The molecule has 8 heteroatoms. The lowest BCUT2D eigenvalue weighted by Gasteiger charge is -2.31. The van der Waals surface area contributed by atoms with Crippen molar-refractivity contribution in [2.45, 2.75) is 32.4 Å². The third-order valence-electron chi connectivity index (χ3n) is 4.98. The van der Waals surface area contributed by atoms with E-state index in [1.807, 2.05) is 6.07 Å². The van der Waals surface area contributed by atoms with Crippen molar-refractivity contribution in [1.82, 2.24) is 14.9 Å². The Balaban J connectivity index is 1.50. The zero-order valence-corrected chi connectivity index (χ0v) is 14.6. The fourth-order valence-electron chi connectivity index (χ4n) is 3.74. The highest BCUT2D eigenvalue weighted by Gasteiger charge is 2.34. The molecule has 140 valence electrons. The lowest BCUT2D eigenvalue weighted by Crippen LogP contribution is -2.34. The van der Waals surface area contributed by atoms with E-state index >= 15 is 0 Å². The minimum Gasteiger partial charge on any atom is -0.370 e. The number of rotatable bonds is 5. The third-order valence-corrected chi connectivity index (χ3v) is 4.98. The van der Waals surface area contributed by atoms with E-state index in [9.17, 15) is 13.2 Å². The van der Waals surface area contributed by atoms with Crippen LogP contribution in [0.25, 0.3) is 0 Å². The van der Waals surface area contributed by atoms with Crippen molar-refractivity contribution in [2.24, 2.45) is 11.8 Å². The van der Waals surface area contributed by atoms with E-state index in [1.165, 1.54) is 17.7 Å². The molecule has 0 aromatic carbocycles. The maximum Gasteiger partial charge on any atom is 0.401 e. The molecule has 0 amide bonds. The first-order chi connectivity index (χ1) is 11.9. The Morgan fingerprint density at radius 2 is 2.04 bits per heavy atom. The molecule has 25 heavy (non-hydrogen) atoms. The van der Waals surface area contributed by atoms with E-state index in [0.29, 0.717) is 25.6 Å². The second-order valence-corrected chi connectivity index (χ2v) is 7.34. The van der Waals surface area contributed by atoms with Gasteiger partial charge in [0.2, 0.25) is 0 Å². The monoisotopic (exact) mass is 357 g/mol. The smallest absolute Gasteiger partial charge is 0.370 e. The topological polar surface area (TPSA) is 44.3 Å². The van der Waals surface area contributed by atoms with Gasteiger partial charge in [0.05, 0.1) is 6.54 Å². The third kappa shape index (κ3) is 5.45. The van der Waals surface area contributed by atoms with E-state index in [0.717, 1.165) is 31.1 Å². The number of alkyl halides is 3. The van der Waals surface area contributed by atoms with Gasteiger partial charge in [-0.3, -0.25) is 4.90 Å². The molecule has 2 unspecified atom stereocenters. The van der Waals surface area contributed by atoms with Gasteiger partial charge in [-0.15, -0.1) is 0 Å². The molecule has 3 rings (SSSR count). The maximum atomic E-state index is 12.5. The minimum atomic E-state index is -4.12. The van der Waals surface area contributed by atoms with Gasteiger partial charge in [-0.05, 0) is 37.6 Å². The summed E-state index contributed by atoms with van der Waals surface area (Å²) in [5.74, 6) is 2.56. The average Bonchev–Trinajstić information content (AvgIpc) is 2.99. The summed E-state index contributed by atoms with van der Waals surface area (Å²) in [6, 6.07) is 1.94. The Hall–Kier alpha value is -1.57. The molecule has 2 aliphatic rings. The van der Waals surface area contributed by atoms with E-state index in [4.69, 9.17) is 0 Å². The predicted molar refractivity (Wildman–Crippen MR) is 91.7 cm³/mol. The fraction of sp³-hybridized carbons (Fsp3) is 0.765. The number of hydrogen-bond donors (Lipinski definition) is 1. The van der Waals surface area contributed by atoms with Crippen LogP contribution in [0.1, 0.15) is 26.2 Å². The van der Waals surface area contributed by atoms with Gasteiger partial charge in [-0.25, -0.2) is 9.97 Å². The molecule has 0 bridgehead atoms. The molecule has 0 spiro atoms. The van der Waals surface area contributed by atoms with Gasteiger partial charge in [0.25, 0.3) is 0 Å². The van der Waals surface area contributed by atoms with Crippen LogP contribution in [-0.4, -0.2) is 60.3 Å². The number of nitrogens with one attached hydrogen (secondary N) is 1. The number of piperidine rings is 1. The summed E-state index contributed by atoms with van der Waals surface area (Å²) in [6.45, 7) is 5.08. The van der Waals surface area contributed by atoms with Gasteiger partial charge in [0.15, 0.2) is 0 Å². The second kappa shape index (κ2) is 7.76. The molecule has 5 nitrogen and oxygen atoms in total. The van der Waals surface area contributed by atoms with Crippen molar-refractivity contribution < 1.29 is 13.2 Å². The number of halogens is 3. The Kier molecular flexibility index (Phi) is 5.66. The van der Waals surface area contributed by atoms with Crippen molar-refractivity contribution in [3.63, 3.8) is 0 Å². The number of hydrogen-bond acceptors (Lipinski definition) is 5. The first-order valence-corrected chi connectivity index (χ1v) is 8.99. The van der Waals surface area contributed by atoms with E-state index in [1.54, 1.807) is 6.33 Å². The molecule has 2 atom stereocenters. The van der Waals surface area contributed by atoms with Crippen molar-refractivity contribution in [3.05, 3.63) is 12.4 Å². The summed E-state index contributed by atoms with van der Waals surface area (Å²) in [6.07, 6.45) is 0.648. The van der Waals surface area contributed by atoms with Crippen molar-refractivity contribution in [1.29, 1.82) is 0 Å². The van der Waals surface area contributed by atoms with Crippen molar-refractivity contribution in [2.75, 3.05) is 49.5 Å². The molecule has 2 fully saturated rings. The zero-order chi connectivity index (χ0) is 17.9. The lowest BCUT2D eigenvalue weighted by atomic mass is 10.0. The Morgan fingerprint density at radius 3 is 2.80 bits per heavy atom. The fourth-order valence-corrected chi connectivity index (χ4v) is 3.74. The first-order valence-electron chi connectivity index (χ1n) is 8.99. The molecule has 2 saturated heterocycles.